The molecule has 0 aromatic carbocycles. The molecule has 28 heavy (non-hydrogen) atoms. The van der Waals surface area contributed by atoms with E-state index in [9.17, 15) is 0 Å². The van der Waals surface area contributed by atoms with Crippen LogP contribution in [-0.4, -0.2) is 62.9 Å². The molecule has 18 heteroatoms. The lowest BCUT2D eigenvalue weighted by Crippen LogP contribution is -1.99. The molecule has 0 aliphatic rings. The molecule has 0 aliphatic heterocycles. The molecule has 0 saturated carbocycles. The Bertz CT molecular complexity index is 1090. The van der Waals surface area contributed by atoms with Crippen LogP contribution < -0.4 is 22.9 Å². The normalized spacial score (nSPS) is 10.4. The van der Waals surface area contributed by atoms with Crippen molar-refractivity contribution in [3.8, 4) is 0 Å². The summed E-state index contributed by atoms with van der Waals surface area (Å²) in [4.78, 5) is 28.5. The lowest BCUT2D eigenvalue weighted by atomic mass is 10.5. The highest BCUT2D eigenvalue weighted by Crippen LogP contribution is 2.13. The number of hydrogen-bond acceptors (Lipinski definition) is 12. The Hall–Kier alpha value is -3.87. The predicted octanol–water partition coefficient (Wildman–Crippen LogP) is -2.44. The van der Waals surface area contributed by atoms with Gasteiger partial charge in [-0.25, -0.2) is 9.97 Å². The Kier molecular flexibility index (Phi) is 6.87. The van der Waals surface area contributed by atoms with Crippen LogP contribution in [0.5, 0.6) is 0 Å². The van der Waals surface area contributed by atoms with Gasteiger partial charge in [0, 0.05) is 0 Å². The molecule has 0 aliphatic carbocycles. The van der Waals surface area contributed by atoms with Gasteiger partial charge in [0.2, 0.25) is 11.9 Å². The minimum Gasteiger partial charge on any atom is -0.412 e. The number of imidazole rings is 2. The molecule has 0 bridgehead atoms. The molecule has 0 fully saturated rings. The van der Waals surface area contributed by atoms with Crippen molar-refractivity contribution in [2.24, 2.45) is 0 Å². The first-order chi connectivity index (χ1) is 12.5. The van der Waals surface area contributed by atoms with E-state index >= 15 is 0 Å². The number of fused-ring (bicyclic) bond motifs is 2. The molecule has 0 saturated heterocycles. The van der Waals surface area contributed by atoms with Crippen LogP contribution in [0.4, 0.5) is 23.5 Å². The highest BCUT2D eigenvalue weighted by atomic mass is 32.3. The van der Waals surface area contributed by atoms with Crippen molar-refractivity contribution in [3.05, 3.63) is 12.7 Å². The van der Waals surface area contributed by atoms with Gasteiger partial charge in [0.05, 0.1) is 12.7 Å². The van der Waals surface area contributed by atoms with Gasteiger partial charge in [-0.05, 0) is 0 Å². The number of H-pyrrole nitrogens is 2. The molecule has 0 radical (unpaired) electrons. The second-order valence-electron chi connectivity index (χ2n) is 4.58. The summed E-state index contributed by atoms with van der Waals surface area (Å²) in [5, 5.41) is 0. The van der Waals surface area contributed by atoms with E-state index in [2.05, 4.69) is 39.9 Å². The zero-order chi connectivity index (χ0) is 20.2. The smallest absolute Gasteiger partial charge is 0.394 e. The van der Waals surface area contributed by atoms with Crippen molar-refractivity contribution in [1.82, 2.24) is 39.9 Å². The van der Waals surface area contributed by atoms with E-state index in [0.717, 1.165) is 0 Å². The summed E-state index contributed by atoms with van der Waals surface area (Å²) >= 11 is 0. The van der Waals surface area contributed by atoms with Crippen LogP contribution in [0.25, 0.3) is 22.3 Å². The fourth-order valence-electron chi connectivity index (χ4n) is 1.75. The summed E-state index contributed by atoms with van der Waals surface area (Å²) in [5.74, 6) is 0.930. The summed E-state index contributed by atoms with van der Waals surface area (Å²) in [6, 6.07) is 0. The van der Waals surface area contributed by atoms with E-state index in [1.165, 1.54) is 12.7 Å². The van der Waals surface area contributed by atoms with Gasteiger partial charge in [0.1, 0.15) is 11.0 Å². The summed E-state index contributed by atoms with van der Waals surface area (Å²) in [6.07, 6.45) is 2.99. The van der Waals surface area contributed by atoms with Crippen LogP contribution in [0, 0.1) is 0 Å². The molecular formula is C10H16N12O5S. The molecule has 17 nitrogen and oxygen atoms in total. The van der Waals surface area contributed by atoms with Gasteiger partial charge in [0.25, 0.3) is 0 Å². The minimum absolute atomic E-state index is 0. The van der Waals surface area contributed by atoms with Crippen LogP contribution in [0.1, 0.15) is 0 Å². The topological polar surface area (TPSA) is 319 Å². The second-order valence-corrected chi connectivity index (χ2v) is 5.48. The first-order valence-electron chi connectivity index (χ1n) is 6.68. The maximum atomic E-state index is 8.74. The number of nitrogens with one attached hydrogen (secondary N) is 2. The number of anilines is 4. The van der Waals surface area contributed by atoms with E-state index < -0.39 is 10.4 Å². The maximum absolute atomic E-state index is 8.74. The number of nitrogen functional groups attached to an aromatic ring is 4. The highest BCUT2D eigenvalue weighted by Gasteiger charge is 2.04. The average Bonchev–Trinajstić information content (AvgIpc) is 3.14. The zero-order valence-corrected chi connectivity index (χ0v) is 14.6. The van der Waals surface area contributed by atoms with Crippen LogP contribution in [0.3, 0.4) is 0 Å². The molecule has 0 spiro atoms. The summed E-state index contributed by atoms with van der Waals surface area (Å²) in [5.41, 5.74) is 23.9. The number of aromatic nitrogens is 8. The quantitative estimate of drug-likeness (QED) is 0.138. The molecule has 0 atom stereocenters. The Morgan fingerprint density at radius 2 is 1.07 bits per heavy atom. The Balaban J connectivity index is 0.000000222. The zero-order valence-electron chi connectivity index (χ0n) is 13.8. The Labute approximate surface area is 155 Å². The molecule has 14 N–H and O–H groups in total. The fourth-order valence-corrected chi connectivity index (χ4v) is 1.75. The van der Waals surface area contributed by atoms with Crippen LogP contribution >= 0.6 is 0 Å². The molecule has 4 aromatic heterocycles. The SMILES string of the molecule is Nc1nc(N)c2[nH]cnc2n1.Nc1nc(N)c2[nH]cnc2n1.O.O=S(=O)(O)O. The number of rotatable bonds is 0. The van der Waals surface area contributed by atoms with Crippen molar-refractivity contribution in [3.63, 3.8) is 0 Å². The molecule has 4 heterocycles. The highest BCUT2D eigenvalue weighted by molar-refractivity contribution is 7.79. The summed E-state index contributed by atoms with van der Waals surface area (Å²) < 4.78 is 31.6. The third kappa shape index (κ3) is 6.14. The first kappa shape index (κ1) is 22.2. The van der Waals surface area contributed by atoms with Gasteiger partial charge in [-0.3, -0.25) is 9.11 Å². The maximum Gasteiger partial charge on any atom is 0.394 e. The number of nitrogens with two attached hydrogens (primary N) is 4. The van der Waals surface area contributed by atoms with Crippen molar-refractivity contribution in [1.29, 1.82) is 0 Å². The number of nitrogens with zero attached hydrogens (tertiary/aromatic N) is 6. The third-order valence-electron chi connectivity index (χ3n) is 2.66. The predicted molar refractivity (Wildman–Crippen MR) is 98.8 cm³/mol. The van der Waals surface area contributed by atoms with Gasteiger partial charge in [0.15, 0.2) is 22.9 Å². The Morgan fingerprint density at radius 3 is 1.39 bits per heavy atom. The standard InChI is InChI=1S/2C5H6N6.H2O4S.H2O/c2*6-3-2-4(9-1-8-2)11-5(7)10-3;1-5(2,3)4;/h2*1H,(H5,6,7,8,9,10,11);(H2,1,2,3,4);1H2. The molecule has 152 valence electrons. The van der Waals surface area contributed by atoms with E-state index in [-0.39, 0.29) is 17.4 Å². The van der Waals surface area contributed by atoms with Gasteiger partial charge in [-0.2, -0.15) is 28.4 Å². The first-order valence-corrected chi connectivity index (χ1v) is 8.08. The van der Waals surface area contributed by atoms with Gasteiger partial charge in [-0.15, -0.1) is 0 Å². The van der Waals surface area contributed by atoms with E-state index in [1.807, 2.05) is 0 Å². The van der Waals surface area contributed by atoms with Gasteiger partial charge in [-0.1, -0.05) is 0 Å². The molecule has 4 aromatic rings. The second kappa shape index (κ2) is 8.68. The average molecular weight is 416 g/mol. The Morgan fingerprint density at radius 1 is 0.750 bits per heavy atom. The fraction of sp³-hybridized carbons (Fsp3) is 0. The molecule has 0 unspecified atom stereocenters. The number of hydrogen-bond donors (Lipinski definition) is 8. The van der Waals surface area contributed by atoms with Crippen molar-refractivity contribution in [2.45, 2.75) is 0 Å². The van der Waals surface area contributed by atoms with Gasteiger partial charge < -0.3 is 38.4 Å². The summed E-state index contributed by atoms with van der Waals surface area (Å²) in [7, 11) is -4.67. The third-order valence-corrected chi connectivity index (χ3v) is 2.66. The molecule has 4 rings (SSSR count). The van der Waals surface area contributed by atoms with E-state index in [4.69, 9.17) is 40.5 Å². The van der Waals surface area contributed by atoms with Crippen molar-refractivity contribution >= 4 is 56.3 Å². The van der Waals surface area contributed by atoms with Crippen LogP contribution in [0.2, 0.25) is 0 Å². The lowest BCUT2D eigenvalue weighted by Gasteiger charge is -1.94. The number of aromatic amines is 2. The monoisotopic (exact) mass is 416 g/mol. The lowest BCUT2D eigenvalue weighted by molar-refractivity contribution is 0.381. The van der Waals surface area contributed by atoms with Crippen molar-refractivity contribution < 1.29 is 23.0 Å². The largest absolute Gasteiger partial charge is 0.412 e. The van der Waals surface area contributed by atoms with E-state index in [1.54, 1.807) is 0 Å². The van der Waals surface area contributed by atoms with E-state index in [0.29, 0.717) is 34.0 Å². The minimum atomic E-state index is -4.67. The van der Waals surface area contributed by atoms with Crippen molar-refractivity contribution in [2.75, 3.05) is 22.9 Å². The van der Waals surface area contributed by atoms with Crippen LogP contribution in [0.15, 0.2) is 12.7 Å². The van der Waals surface area contributed by atoms with Crippen LogP contribution in [-0.2, 0) is 10.4 Å². The molecule has 0 amide bonds. The summed E-state index contributed by atoms with van der Waals surface area (Å²) in [6.45, 7) is 0. The molecular weight excluding hydrogens is 400 g/mol. The van der Waals surface area contributed by atoms with Gasteiger partial charge >= 0.3 is 10.4 Å².